The Hall–Kier alpha value is -1.96. The van der Waals surface area contributed by atoms with Crippen LogP contribution in [-0.4, -0.2) is 11.6 Å². The van der Waals surface area contributed by atoms with Crippen LogP contribution < -0.4 is 9.64 Å². The second-order valence-electron chi connectivity index (χ2n) is 10.7. The predicted molar refractivity (Wildman–Crippen MR) is 157 cm³/mol. The van der Waals surface area contributed by atoms with Crippen LogP contribution in [0, 0.1) is 13.5 Å². The van der Waals surface area contributed by atoms with Gasteiger partial charge in [0.25, 0.3) is 0 Å². The van der Waals surface area contributed by atoms with E-state index in [1.54, 1.807) is 0 Å². The molecule has 1 aliphatic rings. The van der Waals surface area contributed by atoms with Crippen LogP contribution in [0.15, 0.2) is 72.8 Å². The molecule has 3 aromatic rings. The first kappa shape index (κ1) is 31.3. The van der Waals surface area contributed by atoms with E-state index in [1.807, 2.05) is 55.4 Å². The van der Waals surface area contributed by atoms with Crippen molar-refractivity contribution >= 4 is 15.4 Å². The Kier molecular flexibility index (Phi) is 12.1. The van der Waals surface area contributed by atoms with Gasteiger partial charge in [-0.25, -0.2) is 6.54 Å². The van der Waals surface area contributed by atoms with E-state index in [9.17, 15) is 0 Å². The van der Waals surface area contributed by atoms with Crippen molar-refractivity contribution in [3.05, 3.63) is 109 Å². The SMILES string of the molecule is CCc1cccc(CC)c1N1[CH-]C(C)(c2ccccc2)CC1(C)C.[CH2-]c1ccccc1OC(C)C.[Cl][Ru+]. The first-order valence-corrected chi connectivity index (χ1v) is 15.4. The topological polar surface area (TPSA) is 12.5 Å². The predicted octanol–water partition coefficient (Wildman–Crippen LogP) is 9.26. The van der Waals surface area contributed by atoms with Crippen LogP contribution in [0.25, 0.3) is 0 Å². The summed E-state index contributed by atoms with van der Waals surface area (Å²) in [6.07, 6.45) is 3.50. The van der Waals surface area contributed by atoms with Gasteiger partial charge in [-0.05, 0) is 58.1 Å². The van der Waals surface area contributed by atoms with Gasteiger partial charge >= 0.3 is 27.0 Å². The number of rotatable bonds is 6. The Bertz CT molecular complexity index is 1080. The third-order valence-corrected chi connectivity index (χ3v) is 6.84. The molecule has 0 N–H and O–H groups in total. The zero-order valence-electron chi connectivity index (χ0n) is 23.5. The molecule has 0 bridgehead atoms. The Morgan fingerprint density at radius 3 is 1.95 bits per heavy atom. The summed E-state index contributed by atoms with van der Waals surface area (Å²) < 4.78 is 5.48. The maximum atomic E-state index is 5.48. The summed E-state index contributed by atoms with van der Waals surface area (Å²) in [5.41, 5.74) is 6.89. The van der Waals surface area contributed by atoms with Gasteiger partial charge in [-0.15, -0.1) is 11.5 Å². The second kappa shape index (κ2) is 14.3. The molecular formula is C33H43ClNORu-. The number of halogens is 1. The Balaban J connectivity index is 0.000000311. The van der Waals surface area contributed by atoms with Gasteiger partial charge in [0.15, 0.2) is 0 Å². The van der Waals surface area contributed by atoms with Gasteiger partial charge in [-0.3, -0.25) is 0 Å². The minimum absolute atomic E-state index is 0.0800. The summed E-state index contributed by atoms with van der Waals surface area (Å²) in [5.74, 6) is 0.877. The Morgan fingerprint density at radius 1 is 0.892 bits per heavy atom. The van der Waals surface area contributed by atoms with Crippen molar-refractivity contribution < 1.29 is 22.0 Å². The molecule has 1 unspecified atom stereocenters. The molecular weight excluding hydrogens is 563 g/mol. The molecule has 3 aromatic carbocycles. The third-order valence-electron chi connectivity index (χ3n) is 6.84. The summed E-state index contributed by atoms with van der Waals surface area (Å²) in [7, 11) is 4.57. The quantitative estimate of drug-likeness (QED) is 0.205. The van der Waals surface area contributed by atoms with Crippen molar-refractivity contribution in [3.8, 4) is 5.75 Å². The summed E-state index contributed by atoms with van der Waals surface area (Å²) in [6.45, 7) is 22.0. The zero-order valence-corrected chi connectivity index (χ0v) is 26.0. The molecule has 1 heterocycles. The average molecular weight is 606 g/mol. The summed E-state index contributed by atoms with van der Waals surface area (Å²) >= 11 is 1.82. The molecule has 0 aromatic heterocycles. The summed E-state index contributed by atoms with van der Waals surface area (Å²) in [4.78, 5) is 2.57. The molecule has 37 heavy (non-hydrogen) atoms. The van der Waals surface area contributed by atoms with E-state index in [2.05, 4.69) is 111 Å². The number of anilines is 1. The number of benzene rings is 3. The number of nitrogens with zero attached hydrogens (tertiary/aromatic N) is 1. The molecule has 1 atom stereocenters. The molecule has 0 aliphatic carbocycles. The van der Waals surface area contributed by atoms with Gasteiger partial charge in [0.1, 0.15) is 0 Å². The normalized spacial score (nSPS) is 17.9. The van der Waals surface area contributed by atoms with Gasteiger partial charge in [-0.2, -0.15) is 18.6 Å². The molecule has 1 aliphatic heterocycles. The number of hydrogen-bond donors (Lipinski definition) is 0. The Morgan fingerprint density at radius 2 is 1.43 bits per heavy atom. The molecule has 4 rings (SSSR count). The van der Waals surface area contributed by atoms with Gasteiger partial charge in [-0.1, -0.05) is 87.0 Å². The van der Waals surface area contributed by atoms with Crippen LogP contribution in [0.4, 0.5) is 5.69 Å². The minimum atomic E-state index is 0.0800. The number of ether oxygens (including phenoxy) is 1. The van der Waals surface area contributed by atoms with E-state index < -0.39 is 0 Å². The van der Waals surface area contributed by atoms with Crippen LogP contribution in [-0.2, 0) is 35.6 Å². The van der Waals surface area contributed by atoms with Crippen molar-refractivity contribution in [2.24, 2.45) is 0 Å². The average Bonchev–Trinajstić information content (AvgIpc) is 3.15. The van der Waals surface area contributed by atoms with Crippen molar-refractivity contribution in [2.75, 3.05) is 4.90 Å². The van der Waals surface area contributed by atoms with Gasteiger partial charge in [0, 0.05) is 17.0 Å². The third kappa shape index (κ3) is 8.01. The molecule has 2 nitrogen and oxygen atoms in total. The summed E-state index contributed by atoms with van der Waals surface area (Å²) in [5, 5.41) is 0. The zero-order chi connectivity index (χ0) is 27.6. The van der Waals surface area contributed by atoms with Crippen LogP contribution >= 0.6 is 9.69 Å². The van der Waals surface area contributed by atoms with Crippen molar-refractivity contribution in [2.45, 2.75) is 84.8 Å². The standard InChI is InChI=1S/C23H30N.C10H13O.ClH.Ru/c1-6-18-12-11-13-19(7-2)21(18)24-17-23(5,16-22(24,3)4)20-14-9-8-10-15-20;1-8(2)11-10-7-5-4-6-9(10)3;;/h8-15,17H,6-7,16H2,1-5H3;4-8H,3H2,1-2H3;1H;/q2*-1;;+2/p-1. The van der Waals surface area contributed by atoms with Crippen LogP contribution in [0.2, 0.25) is 0 Å². The van der Waals surface area contributed by atoms with E-state index in [1.165, 1.54) is 22.4 Å². The molecule has 0 spiro atoms. The van der Waals surface area contributed by atoms with E-state index in [-0.39, 0.29) is 17.1 Å². The van der Waals surface area contributed by atoms with E-state index >= 15 is 0 Å². The maximum absolute atomic E-state index is 5.48. The monoisotopic (exact) mass is 606 g/mol. The van der Waals surface area contributed by atoms with Gasteiger partial charge in [0.2, 0.25) is 0 Å². The molecule has 0 amide bonds. The van der Waals surface area contributed by atoms with Crippen molar-refractivity contribution in [1.29, 1.82) is 0 Å². The number of aryl methyl sites for hydroxylation is 2. The Labute approximate surface area is 240 Å². The van der Waals surface area contributed by atoms with Crippen LogP contribution in [0.5, 0.6) is 5.75 Å². The molecule has 1 fully saturated rings. The first-order valence-electron chi connectivity index (χ1n) is 13.1. The number of para-hydroxylation sites is 2. The molecule has 0 saturated carbocycles. The molecule has 202 valence electrons. The van der Waals surface area contributed by atoms with E-state index in [4.69, 9.17) is 4.74 Å². The first-order chi connectivity index (χ1) is 17.6. The molecule has 1 saturated heterocycles. The van der Waals surface area contributed by atoms with Crippen molar-refractivity contribution in [3.63, 3.8) is 0 Å². The summed E-state index contributed by atoms with van der Waals surface area (Å²) in [6, 6.07) is 25.5. The molecule has 0 radical (unpaired) electrons. The fourth-order valence-corrected chi connectivity index (χ4v) is 5.25. The van der Waals surface area contributed by atoms with Crippen LogP contribution in [0.1, 0.15) is 77.1 Å². The van der Waals surface area contributed by atoms with E-state index in [0.29, 0.717) is 0 Å². The van der Waals surface area contributed by atoms with Gasteiger partial charge < -0.3 is 9.64 Å². The molecule has 4 heteroatoms. The van der Waals surface area contributed by atoms with Crippen molar-refractivity contribution in [1.82, 2.24) is 0 Å². The fraction of sp³-hybridized carbons (Fsp3) is 0.394. The second-order valence-corrected chi connectivity index (χ2v) is 10.7. The van der Waals surface area contributed by atoms with Gasteiger partial charge in [0.05, 0.1) is 6.10 Å². The van der Waals surface area contributed by atoms with E-state index in [0.717, 1.165) is 30.6 Å². The fourth-order valence-electron chi connectivity index (χ4n) is 5.25. The van der Waals surface area contributed by atoms with Crippen LogP contribution in [0.3, 0.4) is 0 Å². The number of hydrogen-bond acceptors (Lipinski definition) is 2.